The van der Waals surface area contributed by atoms with E-state index in [1.807, 2.05) is 36.5 Å². The maximum absolute atomic E-state index is 12.7. The van der Waals surface area contributed by atoms with Crippen molar-refractivity contribution in [3.63, 3.8) is 0 Å². The Balaban J connectivity index is 4.42. The van der Waals surface area contributed by atoms with E-state index in [1.54, 1.807) is 0 Å². The van der Waals surface area contributed by atoms with E-state index < -0.39 is 6.10 Å². The zero-order chi connectivity index (χ0) is 40.1. The van der Waals surface area contributed by atoms with E-state index >= 15 is 0 Å². The summed E-state index contributed by atoms with van der Waals surface area (Å²) in [6, 6.07) is 0. The molecule has 0 aliphatic rings. The number of carbonyl (C=O) groups is 3. The van der Waals surface area contributed by atoms with Crippen LogP contribution >= 0.6 is 0 Å². The number of allylic oxidation sites excluding steroid dienone is 10. The van der Waals surface area contributed by atoms with Crippen LogP contribution in [0.3, 0.4) is 0 Å². The summed E-state index contributed by atoms with van der Waals surface area (Å²) in [7, 11) is 0. The van der Waals surface area contributed by atoms with Gasteiger partial charge in [0.1, 0.15) is 13.2 Å². The molecule has 0 amide bonds. The molecule has 0 heterocycles. The first-order valence-electron chi connectivity index (χ1n) is 22.8. The molecule has 0 aromatic heterocycles. The molecule has 0 fully saturated rings. The smallest absolute Gasteiger partial charge is 0.306 e. The number of hydrogen-bond acceptors (Lipinski definition) is 6. The Hall–Kier alpha value is -2.89. The molecule has 0 aliphatic carbocycles. The van der Waals surface area contributed by atoms with Crippen molar-refractivity contribution in [1.29, 1.82) is 0 Å². The van der Waals surface area contributed by atoms with Crippen molar-refractivity contribution >= 4 is 17.9 Å². The maximum Gasteiger partial charge on any atom is 0.306 e. The van der Waals surface area contributed by atoms with Gasteiger partial charge in [0, 0.05) is 19.3 Å². The summed E-state index contributed by atoms with van der Waals surface area (Å²) >= 11 is 0. The molecule has 0 saturated carbocycles. The largest absolute Gasteiger partial charge is 0.462 e. The average Bonchev–Trinajstić information content (AvgIpc) is 3.18. The zero-order valence-corrected chi connectivity index (χ0v) is 35.9. The van der Waals surface area contributed by atoms with Crippen LogP contribution in [0.15, 0.2) is 60.8 Å². The molecule has 0 bridgehead atoms. The average molecular weight is 769 g/mol. The SMILES string of the molecule is CC\C=C/C=C\C=C/C=C\CCCCCC(=O)OC(COC(=O)CCC/C=C\CCCCCC)COC(=O)CCCCCCCCCCCCCCCCC. The summed E-state index contributed by atoms with van der Waals surface area (Å²) in [5.41, 5.74) is 0. The lowest BCUT2D eigenvalue weighted by molar-refractivity contribution is -0.167. The quantitative estimate of drug-likeness (QED) is 0.0203. The van der Waals surface area contributed by atoms with Crippen molar-refractivity contribution in [2.45, 2.75) is 219 Å². The van der Waals surface area contributed by atoms with Gasteiger partial charge >= 0.3 is 17.9 Å². The number of ether oxygens (including phenoxy) is 3. The summed E-state index contributed by atoms with van der Waals surface area (Å²) in [5, 5.41) is 0. The Morgan fingerprint density at radius 2 is 0.745 bits per heavy atom. The predicted molar refractivity (Wildman–Crippen MR) is 233 cm³/mol. The van der Waals surface area contributed by atoms with E-state index in [-0.39, 0.29) is 37.5 Å². The molecule has 0 radical (unpaired) electrons. The molecule has 316 valence electrons. The number of carbonyl (C=O) groups excluding carboxylic acids is 3. The van der Waals surface area contributed by atoms with Gasteiger partial charge in [-0.3, -0.25) is 14.4 Å². The van der Waals surface area contributed by atoms with E-state index in [1.165, 1.54) is 103 Å². The lowest BCUT2D eigenvalue weighted by Gasteiger charge is -2.18. The Bertz CT molecular complexity index is 1020. The molecule has 0 aliphatic heterocycles. The highest BCUT2D eigenvalue weighted by molar-refractivity contribution is 5.71. The van der Waals surface area contributed by atoms with Crippen LogP contribution in [0.2, 0.25) is 0 Å². The van der Waals surface area contributed by atoms with Gasteiger partial charge < -0.3 is 14.2 Å². The standard InChI is InChI=1S/C49H84O6/c1-4-7-10-13-16-19-21-23-24-26-27-30-33-36-39-42-48(51)54-45-46(44-53-47(50)41-38-35-32-29-18-15-12-9-6-3)55-49(52)43-40-37-34-31-28-25-22-20-17-14-11-8-5-2/h8,11,14,17,20,22,25,28-29,32,46H,4-7,9-10,12-13,15-16,18-19,21,23-24,26-27,30-31,33-45H2,1-3H3/b11-8-,17-14-,22-20-,28-25-,32-29-. The highest BCUT2D eigenvalue weighted by Crippen LogP contribution is 2.14. The second-order valence-electron chi connectivity index (χ2n) is 15.0. The second kappa shape index (κ2) is 43.8. The minimum atomic E-state index is -0.800. The van der Waals surface area contributed by atoms with Crippen LogP contribution in [-0.2, 0) is 28.6 Å². The molecule has 0 aromatic rings. The first-order chi connectivity index (χ1) is 27.0. The summed E-state index contributed by atoms with van der Waals surface area (Å²) < 4.78 is 16.6. The van der Waals surface area contributed by atoms with Gasteiger partial charge in [-0.15, -0.1) is 0 Å². The molecular formula is C49H84O6. The Morgan fingerprint density at radius 1 is 0.382 bits per heavy atom. The fourth-order valence-corrected chi connectivity index (χ4v) is 6.16. The van der Waals surface area contributed by atoms with E-state index in [0.29, 0.717) is 25.7 Å². The van der Waals surface area contributed by atoms with Crippen molar-refractivity contribution in [3.8, 4) is 0 Å². The van der Waals surface area contributed by atoms with Gasteiger partial charge in [-0.2, -0.15) is 0 Å². The van der Waals surface area contributed by atoms with E-state index in [2.05, 4.69) is 45.1 Å². The Labute approximate surface area is 339 Å². The van der Waals surface area contributed by atoms with Gasteiger partial charge in [0.25, 0.3) is 0 Å². The molecule has 6 nitrogen and oxygen atoms in total. The van der Waals surface area contributed by atoms with Crippen LogP contribution in [0.4, 0.5) is 0 Å². The maximum atomic E-state index is 12.7. The first kappa shape index (κ1) is 52.1. The molecule has 1 unspecified atom stereocenters. The van der Waals surface area contributed by atoms with E-state index in [4.69, 9.17) is 14.2 Å². The normalized spacial score (nSPS) is 12.6. The lowest BCUT2D eigenvalue weighted by atomic mass is 10.0. The third kappa shape index (κ3) is 42.1. The first-order valence-corrected chi connectivity index (χ1v) is 22.8. The van der Waals surface area contributed by atoms with Crippen LogP contribution in [-0.4, -0.2) is 37.2 Å². The number of hydrogen-bond donors (Lipinski definition) is 0. The van der Waals surface area contributed by atoms with Crippen molar-refractivity contribution < 1.29 is 28.6 Å². The lowest BCUT2D eigenvalue weighted by Crippen LogP contribution is -2.30. The third-order valence-electron chi connectivity index (χ3n) is 9.60. The zero-order valence-electron chi connectivity index (χ0n) is 35.9. The molecule has 0 saturated heterocycles. The monoisotopic (exact) mass is 769 g/mol. The summed E-state index contributed by atoms with van der Waals surface area (Å²) in [6.07, 6.45) is 52.1. The molecule has 0 rings (SSSR count). The Morgan fingerprint density at radius 3 is 1.25 bits per heavy atom. The molecule has 0 spiro atoms. The van der Waals surface area contributed by atoms with E-state index in [0.717, 1.165) is 57.8 Å². The molecule has 0 aromatic carbocycles. The highest BCUT2D eigenvalue weighted by Gasteiger charge is 2.19. The van der Waals surface area contributed by atoms with Gasteiger partial charge in [-0.25, -0.2) is 0 Å². The van der Waals surface area contributed by atoms with Crippen LogP contribution in [0, 0.1) is 0 Å². The summed E-state index contributed by atoms with van der Waals surface area (Å²) in [5.74, 6) is -0.976. The van der Waals surface area contributed by atoms with Gasteiger partial charge in [0.2, 0.25) is 0 Å². The van der Waals surface area contributed by atoms with Crippen molar-refractivity contribution in [2.75, 3.05) is 13.2 Å². The molecule has 0 N–H and O–H groups in total. The van der Waals surface area contributed by atoms with Gasteiger partial charge in [-0.1, -0.05) is 197 Å². The van der Waals surface area contributed by atoms with Crippen LogP contribution in [0.1, 0.15) is 213 Å². The molecular weight excluding hydrogens is 685 g/mol. The van der Waals surface area contributed by atoms with Crippen LogP contribution in [0.25, 0.3) is 0 Å². The summed E-state index contributed by atoms with van der Waals surface area (Å²) in [4.78, 5) is 37.7. The topological polar surface area (TPSA) is 78.9 Å². The highest BCUT2D eigenvalue weighted by atomic mass is 16.6. The molecule has 6 heteroatoms. The van der Waals surface area contributed by atoms with Crippen LogP contribution < -0.4 is 0 Å². The van der Waals surface area contributed by atoms with Crippen molar-refractivity contribution in [1.82, 2.24) is 0 Å². The fourth-order valence-electron chi connectivity index (χ4n) is 6.16. The minimum absolute atomic E-state index is 0.0975. The minimum Gasteiger partial charge on any atom is -0.462 e. The third-order valence-corrected chi connectivity index (χ3v) is 9.60. The van der Waals surface area contributed by atoms with Crippen molar-refractivity contribution in [3.05, 3.63) is 60.8 Å². The van der Waals surface area contributed by atoms with Gasteiger partial charge in [-0.05, 0) is 57.8 Å². The number of rotatable bonds is 40. The Kier molecular flexibility index (Phi) is 41.5. The van der Waals surface area contributed by atoms with E-state index in [9.17, 15) is 14.4 Å². The number of unbranched alkanes of at least 4 members (excludes halogenated alkanes) is 22. The van der Waals surface area contributed by atoms with Crippen molar-refractivity contribution in [2.24, 2.45) is 0 Å². The predicted octanol–water partition coefficient (Wildman–Crippen LogP) is 14.5. The van der Waals surface area contributed by atoms with Crippen LogP contribution in [0.5, 0.6) is 0 Å². The molecule has 1 atom stereocenters. The molecule has 55 heavy (non-hydrogen) atoms. The summed E-state index contributed by atoms with van der Waals surface area (Å²) in [6.45, 7) is 6.39. The fraction of sp³-hybridized carbons (Fsp3) is 0.735. The second-order valence-corrected chi connectivity index (χ2v) is 15.0. The van der Waals surface area contributed by atoms with Gasteiger partial charge in [0.15, 0.2) is 6.10 Å². The number of esters is 3. The van der Waals surface area contributed by atoms with Gasteiger partial charge in [0.05, 0.1) is 0 Å².